The molecule has 1 aliphatic rings. The second-order valence-corrected chi connectivity index (χ2v) is 9.08. The van der Waals surface area contributed by atoms with Crippen LogP contribution in [0.3, 0.4) is 0 Å². The highest BCUT2D eigenvalue weighted by Gasteiger charge is 2.20. The Kier molecular flexibility index (Phi) is 10.0. The predicted molar refractivity (Wildman–Crippen MR) is 140 cm³/mol. The van der Waals surface area contributed by atoms with E-state index in [2.05, 4.69) is 35.7 Å². The van der Waals surface area contributed by atoms with Crippen LogP contribution in [0.2, 0.25) is 0 Å². The standard InChI is InChI=1S/C19H18FN3OS.C6H12.C2H6/c1-11(2)17-12(3)18(23-19(22-17)16-6-5-9-25-16)21-13-7-8-15(24-4)14(20)10-13;1-5-3-4-6(5)2;1-2/h5-10H,1H2,2-4H3,(H,21,22,23);5-6H,3-4H2,1-2H3;1-2H3. The van der Waals surface area contributed by atoms with Gasteiger partial charge in [-0.2, -0.15) is 0 Å². The van der Waals surface area contributed by atoms with Gasteiger partial charge in [0.15, 0.2) is 17.4 Å². The van der Waals surface area contributed by atoms with Gasteiger partial charge in [-0.15, -0.1) is 11.3 Å². The van der Waals surface area contributed by atoms with Crippen LogP contribution >= 0.6 is 11.3 Å². The Hall–Kier alpha value is -2.73. The lowest BCUT2D eigenvalue weighted by atomic mass is 9.77. The van der Waals surface area contributed by atoms with Crippen LogP contribution in [0.15, 0.2) is 42.3 Å². The molecule has 33 heavy (non-hydrogen) atoms. The fourth-order valence-corrected chi connectivity index (χ4v) is 3.94. The van der Waals surface area contributed by atoms with Gasteiger partial charge >= 0.3 is 0 Å². The number of ether oxygens (including phenoxy) is 1. The maximum Gasteiger partial charge on any atom is 0.172 e. The van der Waals surface area contributed by atoms with Gasteiger partial charge in [-0.3, -0.25) is 0 Å². The Morgan fingerprint density at radius 2 is 1.82 bits per heavy atom. The Morgan fingerprint density at radius 3 is 2.27 bits per heavy atom. The Bertz CT molecular complexity index is 1040. The van der Waals surface area contributed by atoms with Crippen LogP contribution in [0.5, 0.6) is 5.75 Å². The summed E-state index contributed by atoms with van der Waals surface area (Å²) in [6.07, 6.45) is 2.95. The lowest BCUT2D eigenvalue weighted by Gasteiger charge is -2.29. The van der Waals surface area contributed by atoms with Crippen molar-refractivity contribution in [3.8, 4) is 16.5 Å². The van der Waals surface area contributed by atoms with E-state index in [0.29, 0.717) is 17.3 Å². The van der Waals surface area contributed by atoms with Crippen LogP contribution in [0.4, 0.5) is 15.9 Å². The number of halogens is 1. The lowest BCUT2D eigenvalue weighted by Crippen LogP contribution is -2.18. The van der Waals surface area contributed by atoms with E-state index in [4.69, 9.17) is 4.74 Å². The Morgan fingerprint density at radius 1 is 1.15 bits per heavy atom. The highest BCUT2D eigenvalue weighted by molar-refractivity contribution is 7.13. The molecule has 0 aliphatic heterocycles. The molecule has 0 saturated heterocycles. The minimum atomic E-state index is -0.433. The number of anilines is 2. The number of aromatic nitrogens is 2. The maximum absolute atomic E-state index is 14.0. The summed E-state index contributed by atoms with van der Waals surface area (Å²) in [7, 11) is 1.44. The first-order valence-electron chi connectivity index (χ1n) is 11.5. The zero-order chi connectivity index (χ0) is 24.5. The number of thiophene rings is 1. The summed E-state index contributed by atoms with van der Waals surface area (Å²) in [5.74, 6) is 3.08. The third-order valence-electron chi connectivity index (χ3n) is 5.75. The second kappa shape index (κ2) is 12.5. The summed E-state index contributed by atoms with van der Waals surface area (Å²) in [5, 5.41) is 5.16. The highest BCUT2D eigenvalue weighted by atomic mass is 32.1. The quantitative estimate of drug-likeness (QED) is 0.407. The summed E-state index contributed by atoms with van der Waals surface area (Å²) in [5.41, 5.74) is 3.09. The van der Waals surface area contributed by atoms with E-state index in [1.54, 1.807) is 23.5 Å². The van der Waals surface area contributed by atoms with Crippen molar-refractivity contribution in [3.63, 3.8) is 0 Å². The molecule has 1 fully saturated rings. The molecule has 0 spiro atoms. The maximum atomic E-state index is 14.0. The normalized spacial score (nSPS) is 16.4. The van der Waals surface area contributed by atoms with Crippen LogP contribution in [0.1, 0.15) is 58.7 Å². The molecule has 0 radical (unpaired) electrons. The molecule has 3 aromatic rings. The molecule has 4 nitrogen and oxygen atoms in total. The van der Waals surface area contributed by atoms with Crippen molar-refractivity contribution in [2.75, 3.05) is 12.4 Å². The monoisotopic (exact) mass is 469 g/mol. The van der Waals surface area contributed by atoms with Crippen molar-refractivity contribution in [1.82, 2.24) is 9.97 Å². The third-order valence-corrected chi connectivity index (χ3v) is 6.62. The van der Waals surface area contributed by atoms with E-state index in [0.717, 1.165) is 33.5 Å². The molecule has 0 bridgehead atoms. The van der Waals surface area contributed by atoms with Crippen molar-refractivity contribution >= 4 is 28.4 Å². The van der Waals surface area contributed by atoms with E-state index < -0.39 is 5.82 Å². The number of hydrogen-bond donors (Lipinski definition) is 1. The number of nitrogens with one attached hydrogen (secondary N) is 1. The van der Waals surface area contributed by atoms with Crippen molar-refractivity contribution in [3.05, 3.63) is 59.4 Å². The highest BCUT2D eigenvalue weighted by Crippen LogP contribution is 2.32. The van der Waals surface area contributed by atoms with Crippen molar-refractivity contribution < 1.29 is 9.13 Å². The molecule has 2 aromatic heterocycles. The molecule has 4 rings (SSSR count). The first kappa shape index (κ1) is 26.5. The van der Waals surface area contributed by atoms with E-state index in [1.165, 1.54) is 26.0 Å². The van der Waals surface area contributed by atoms with Crippen molar-refractivity contribution in [1.29, 1.82) is 0 Å². The zero-order valence-corrected chi connectivity index (χ0v) is 21.6. The first-order chi connectivity index (χ1) is 15.8. The molecule has 0 amide bonds. The van der Waals surface area contributed by atoms with E-state index in [9.17, 15) is 4.39 Å². The van der Waals surface area contributed by atoms with Crippen molar-refractivity contribution in [2.45, 2.75) is 54.4 Å². The third kappa shape index (κ3) is 6.87. The van der Waals surface area contributed by atoms with E-state index >= 15 is 0 Å². The number of methoxy groups -OCH3 is 1. The van der Waals surface area contributed by atoms with Gasteiger partial charge in [0, 0.05) is 17.3 Å². The van der Waals surface area contributed by atoms with Gasteiger partial charge in [-0.05, 0) is 54.8 Å². The van der Waals surface area contributed by atoms with Crippen LogP contribution in [0, 0.1) is 24.6 Å². The molecule has 6 heteroatoms. The van der Waals surface area contributed by atoms with Gasteiger partial charge in [0.25, 0.3) is 0 Å². The van der Waals surface area contributed by atoms with Gasteiger partial charge in [-0.1, -0.05) is 53.2 Å². The smallest absolute Gasteiger partial charge is 0.172 e. The second-order valence-electron chi connectivity index (χ2n) is 8.13. The summed E-state index contributed by atoms with van der Waals surface area (Å²) >= 11 is 1.57. The predicted octanol–water partition coefficient (Wildman–Crippen LogP) is 8.52. The van der Waals surface area contributed by atoms with E-state index in [-0.39, 0.29) is 5.75 Å². The fraction of sp³-hybridized carbons (Fsp3) is 0.407. The van der Waals surface area contributed by atoms with Gasteiger partial charge in [0.1, 0.15) is 5.82 Å². The number of allylic oxidation sites excluding steroid dienone is 1. The molecule has 1 saturated carbocycles. The van der Waals surface area contributed by atoms with Crippen LogP contribution in [-0.2, 0) is 0 Å². The number of hydrogen-bond acceptors (Lipinski definition) is 5. The average molecular weight is 470 g/mol. The van der Waals surface area contributed by atoms with Crippen LogP contribution in [-0.4, -0.2) is 17.1 Å². The lowest BCUT2D eigenvalue weighted by molar-refractivity contribution is 0.219. The van der Waals surface area contributed by atoms with Gasteiger partial charge in [0.2, 0.25) is 0 Å². The average Bonchev–Trinajstić information content (AvgIpc) is 3.36. The van der Waals surface area contributed by atoms with Crippen LogP contribution < -0.4 is 10.1 Å². The van der Waals surface area contributed by atoms with Crippen molar-refractivity contribution in [2.24, 2.45) is 11.8 Å². The minimum absolute atomic E-state index is 0.201. The largest absolute Gasteiger partial charge is 0.494 e. The SMILES string of the molecule is C=C(C)c1nc(-c2cccs2)nc(Nc2ccc(OC)c(F)c2)c1C.CC.CC1CCC1C. The van der Waals surface area contributed by atoms with Crippen LogP contribution in [0.25, 0.3) is 16.3 Å². The molecule has 2 heterocycles. The molecule has 2 unspecified atom stereocenters. The molecule has 1 aliphatic carbocycles. The number of nitrogens with zero attached hydrogens (tertiary/aromatic N) is 2. The molecule has 178 valence electrons. The van der Waals surface area contributed by atoms with Gasteiger partial charge < -0.3 is 10.1 Å². The fourth-order valence-electron chi connectivity index (χ4n) is 3.28. The van der Waals surface area contributed by atoms with E-state index in [1.807, 2.05) is 45.2 Å². The number of rotatable bonds is 5. The first-order valence-corrected chi connectivity index (χ1v) is 12.4. The summed E-state index contributed by atoms with van der Waals surface area (Å²) < 4.78 is 18.9. The number of benzene rings is 1. The summed E-state index contributed by atoms with van der Waals surface area (Å²) in [4.78, 5) is 10.2. The Balaban J connectivity index is 0.000000411. The molecule has 2 atom stereocenters. The molecular formula is C27H36FN3OS. The summed E-state index contributed by atoms with van der Waals surface area (Å²) in [6, 6.07) is 8.62. The summed E-state index contributed by atoms with van der Waals surface area (Å²) in [6.45, 7) is 16.5. The zero-order valence-electron chi connectivity index (χ0n) is 20.8. The molecular weight excluding hydrogens is 433 g/mol. The topological polar surface area (TPSA) is 47.0 Å². The molecule has 1 aromatic carbocycles. The Labute approximate surface area is 202 Å². The molecule has 1 N–H and O–H groups in total. The minimum Gasteiger partial charge on any atom is -0.494 e. The van der Waals surface area contributed by atoms with Gasteiger partial charge in [-0.25, -0.2) is 14.4 Å². The van der Waals surface area contributed by atoms with Gasteiger partial charge in [0.05, 0.1) is 17.7 Å².